The second-order valence-corrected chi connectivity index (χ2v) is 9.60. The van der Waals surface area contributed by atoms with Crippen LogP contribution in [0.2, 0.25) is 0 Å². The first-order valence-corrected chi connectivity index (χ1v) is 12.0. The molecule has 3 rings (SSSR count). The Balaban J connectivity index is 0.00000385. The number of halogens is 1. The molecular weight excluding hydrogens is 531 g/mol. The van der Waals surface area contributed by atoms with Gasteiger partial charge in [-0.15, -0.1) is 24.0 Å². The Morgan fingerprint density at radius 1 is 1.15 bits per heavy atom. The molecule has 2 N–H and O–H groups in total. The molecule has 8 heteroatoms. The third kappa shape index (κ3) is 8.17. The van der Waals surface area contributed by atoms with Gasteiger partial charge in [0.15, 0.2) is 17.5 Å². The molecule has 188 valence electrons. The number of ether oxygens (including phenoxy) is 3. The smallest absolute Gasteiger partial charge is 0.191 e. The van der Waals surface area contributed by atoms with Crippen LogP contribution in [0, 0.1) is 5.92 Å². The van der Waals surface area contributed by atoms with Gasteiger partial charge in [-0.05, 0) is 49.8 Å². The van der Waals surface area contributed by atoms with Gasteiger partial charge in [-0.25, -0.2) is 0 Å². The molecule has 0 aromatic heterocycles. The van der Waals surface area contributed by atoms with E-state index in [9.17, 15) is 0 Å². The van der Waals surface area contributed by atoms with Crippen LogP contribution in [-0.2, 0) is 10.2 Å². The molecule has 1 atom stereocenters. The number of nitrogens with zero attached hydrogens (tertiary/aromatic N) is 2. The molecule has 2 heterocycles. The molecule has 2 saturated heterocycles. The Bertz CT molecular complexity index is 745. The van der Waals surface area contributed by atoms with Gasteiger partial charge in [0.1, 0.15) is 0 Å². The average molecular weight is 575 g/mol. The highest BCUT2D eigenvalue weighted by atomic mass is 127. The largest absolute Gasteiger partial charge is 0.493 e. The molecule has 33 heavy (non-hydrogen) atoms. The number of aliphatic imine (C=N–C) groups is 1. The van der Waals surface area contributed by atoms with Crippen molar-refractivity contribution in [3.05, 3.63) is 23.8 Å². The first kappa shape index (κ1) is 28.0. The molecule has 0 bridgehead atoms. The second-order valence-electron chi connectivity index (χ2n) is 9.60. The van der Waals surface area contributed by atoms with E-state index in [1.807, 2.05) is 6.07 Å². The van der Waals surface area contributed by atoms with Gasteiger partial charge in [0, 0.05) is 44.2 Å². The van der Waals surface area contributed by atoms with Gasteiger partial charge in [0.05, 0.1) is 27.4 Å². The summed E-state index contributed by atoms with van der Waals surface area (Å²) in [6.07, 6.45) is 3.51. The van der Waals surface area contributed by atoms with E-state index in [4.69, 9.17) is 19.2 Å². The van der Waals surface area contributed by atoms with Crippen molar-refractivity contribution in [2.24, 2.45) is 10.9 Å². The Labute approximate surface area is 217 Å². The standard InChI is InChI=1S/C25H42N4O3.HI/c1-6-26-24(28-21-9-12-29(13-10-21)16-19-11-14-32-17-19)27-18-25(2,3)20-7-8-22(30-4)23(15-20)31-5;/h7-8,15,19,21H,6,9-14,16-18H2,1-5H3,(H2,26,27,28);1H. The summed E-state index contributed by atoms with van der Waals surface area (Å²) in [6, 6.07) is 6.59. The number of hydrogen-bond acceptors (Lipinski definition) is 5. The van der Waals surface area contributed by atoms with Gasteiger partial charge in [-0.2, -0.15) is 0 Å². The van der Waals surface area contributed by atoms with E-state index < -0.39 is 0 Å². The molecule has 0 aliphatic carbocycles. The summed E-state index contributed by atoms with van der Waals surface area (Å²) in [4.78, 5) is 7.55. The summed E-state index contributed by atoms with van der Waals surface area (Å²) in [5, 5.41) is 7.11. The van der Waals surface area contributed by atoms with E-state index in [1.165, 1.54) is 18.5 Å². The lowest BCUT2D eigenvalue weighted by Gasteiger charge is -2.34. The van der Waals surface area contributed by atoms with Gasteiger partial charge in [0.25, 0.3) is 0 Å². The molecule has 0 radical (unpaired) electrons. The molecule has 1 unspecified atom stereocenters. The predicted molar refractivity (Wildman–Crippen MR) is 145 cm³/mol. The van der Waals surface area contributed by atoms with Gasteiger partial charge < -0.3 is 29.7 Å². The van der Waals surface area contributed by atoms with Crippen LogP contribution in [0.25, 0.3) is 0 Å². The van der Waals surface area contributed by atoms with Crippen LogP contribution in [0.4, 0.5) is 0 Å². The number of likely N-dealkylation sites (tertiary alicyclic amines) is 1. The lowest BCUT2D eigenvalue weighted by molar-refractivity contribution is 0.150. The summed E-state index contributed by atoms with van der Waals surface area (Å²) in [6.45, 7) is 13.4. The zero-order valence-electron chi connectivity index (χ0n) is 21.0. The van der Waals surface area contributed by atoms with E-state index in [0.717, 1.165) is 69.1 Å². The first-order chi connectivity index (χ1) is 15.4. The number of benzene rings is 1. The van der Waals surface area contributed by atoms with E-state index in [2.05, 4.69) is 48.4 Å². The van der Waals surface area contributed by atoms with Gasteiger partial charge in [-0.1, -0.05) is 19.9 Å². The zero-order valence-corrected chi connectivity index (χ0v) is 23.3. The van der Waals surface area contributed by atoms with E-state index in [-0.39, 0.29) is 29.4 Å². The number of methoxy groups -OCH3 is 2. The fraction of sp³-hybridized carbons (Fsp3) is 0.720. The molecule has 2 fully saturated rings. The van der Waals surface area contributed by atoms with Crippen molar-refractivity contribution < 1.29 is 14.2 Å². The monoisotopic (exact) mass is 574 g/mol. The normalized spacial score (nSPS) is 20.3. The van der Waals surface area contributed by atoms with Crippen LogP contribution < -0.4 is 20.1 Å². The van der Waals surface area contributed by atoms with Crippen LogP contribution >= 0.6 is 24.0 Å². The molecule has 2 aliphatic heterocycles. The summed E-state index contributed by atoms with van der Waals surface area (Å²) in [7, 11) is 3.34. The van der Waals surface area contributed by atoms with Crippen molar-refractivity contribution in [2.75, 3.05) is 60.2 Å². The van der Waals surface area contributed by atoms with Crippen molar-refractivity contribution in [3.63, 3.8) is 0 Å². The van der Waals surface area contributed by atoms with Crippen molar-refractivity contribution in [3.8, 4) is 11.5 Å². The lowest BCUT2D eigenvalue weighted by atomic mass is 9.84. The Morgan fingerprint density at radius 3 is 2.48 bits per heavy atom. The fourth-order valence-corrected chi connectivity index (χ4v) is 4.49. The van der Waals surface area contributed by atoms with Gasteiger partial charge in [-0.3, -0.25) is 4.99 Å². The summed E-state index contributed by atoms with van der Waals surface area (Å²) in [5.74, 6) is 3.13. The van der Waals surface area contributed by atoms with Crippen LogP contribution in [0.3, 0.4) is 0 Å². The van der Waals surface area contributed by atoms with Crippen molar-refractivity contribution >= 4 is 29.9 Å². The minimum absolute atomic E-state index is 0. The van der Waals surface area contributed by atoms with Gasteiger partial charge in [0.2, 0.25) is 0 Å². The summed E-state index contributed by atoms with van der Waals surface area (Å²) in [5.41, 5.74) is 1.05. The van der Waals surface area contributed by atoms with Crippen LogP contribution in [0.5, 0.6) is 11.5 Å². The molecular formula is C25H43IN4O3. The fourth-order valence-electron chi connectivity index (χ4n) is 4.49. The highest BCUT2D eigenvalue weighted by Crippen LogP contribution is 2.33. The van der Waals surface area contributed by atoms with Crippen molar-refractivity contribution in [1.29, 1.82) is 0 Å². The topological polar surface area (TPSA) is 67.4 Å². The number of hydrogen-bond donors (Lipinski definition) is 2. The first-order valence-electron chi connectivity index (χ1n) is 12.0. The Hall–Kier alpha value is -1.26. The highest BCUT2D eigenvalue weighted by Gasteiger charge is 2.25. The second kappa shape index (κ2) is 13.6. The number of nitrogens with one attached hydrogen (secondary N) is 2. The lowest BCUT2D eigenvalue weighted by Crippen LogP contribution is -2.49. The van der Waals surface area contributed by atoms with Crippen LogP contribution in [0.15, 0.2) is 23.2 Å². The summed E-state index contributed by atoms with van der Waals surface area (Å²) >= 11 is 0. The Kier molecular flexibility index (Phi) is 11.5. The molecule has 1 aromatic carbocycles. The van der Waals surface area contributed by atoms with E-state index in [0.29, 0.717) is 12.6 Å². The minimum atomic E-state index is -0.130. The van der Waals surface area contributed by atoms with Gasteiger partial charge >= 0.3 is 0 Å². The third-order valence-electron chi connectivity index (χ3n) is 6.61. The van der Waals surface area contributed by atoms with Crippen molar-refractivity contribution in [2.45, 2.75) is 51.5 Å². The SMILES string of the molecule is CCNC(=NCC(C)(C)c1ccc(OC)c(OC)c1)NC1CCN(CC2CCOC2)CC1.I. The predicted octanol–water partition coefficient (Wildman–Crippen LogP) is 3.66. The molecule has 0 saturated carbocycles. The molecule has 0 spiro atoms. The maximum absolute atomic E-state index is 5.53. The number of piperidine rings is 1. The number of guanidine groups is 1. The maximum atomic E-state index is 5.53. The highest BCUT2D eigenvalue weighted by molar-refractivity contribution is 14.0. The Morgan fingerprint density at radius 2 is 1.88 bits per heavy atom. The third-order valence-corrected chi connectivity index (χ3v) is 6.61. The number of rotatable bonds is 9. The quantitative estimate of drug-likeness (QED) is 0.267. The molecule has 7 nitrogen and oxygen atoms in total. The average Bonchev–Trinajstić information content (AvgIpc) is 3.31. The van der Waals surface area contributed by atoms with Crippen LogP contribution in [-0.4, -0.2) is 77.1 Å². The zero-order chi connectivity index (χ0) is 23.0. The van der Waals surface area contributed by atoms with E-state index >= 15 is 0 Å². The maximum Gasteiger partial charge on any atom is 0.191 e. The molecule has 2 aliphatic rings. The van der Waals surface area contributed by atoms with Crippen LogP contribution in [0.1, 0.15) is 45.6 Å². The van der Waals surface area contributed by atoms with E-state index in [1.54, 1.807) is 14.2 Å². The molecule has 0 amide bonds. The molecule has 1 aromatic rings. The minimum Gasteiger partial charge on any atom is -0.493 e. The summed E-state index contributed by atoms with van der Waals surface area (Å²) < 4.78 is 16.4. The van der Waals surface area contributed by atoms with Crippen molar-refractivity contribution in [1.82, 2.24) is 15.5 Å².